The van der Waals surface area contributed by atoms with Gasteiger partial charge in [-0.15, -0.1) is 21.5 Å². The van der Waals surface area contributed by atoms with Crippen molar-refractivity contribution in [3.63, 3.8) is 0 Å². The minimum Gasteiger partial charge on any atom is -0.461 e. The molecular formula is C20H19N5O2S2. The van der Waals surface area contributed by atoms with Gasteiger partial charge in [-0.2, -0.15) is 0 Å². The number of nitrogens with one attached hydrogen (secondary N) is 1. The Hall–Kier alpha value is -2.91. The van der Waals surface area contributed by atoms with Gasteiger partial charge >= 0.3 is 0 Å². The number of carbonyl (C=O) groups excluding carboxylic acids is 1. The molecule has 0 aliphatic rings. The number of rotatable bonds is 7. The number of thiazole rings is 1. The van der Waals surface area contributed by atoms with Crippen molar-refractivity contribution in [3.8, 4) is 22.8 Å². The fourth-order valence-corrected chi connectivity index (χ4v) is 4.27. The molecule has 0 unspecified atom stereocenters. The zero-order valence-corrected chi connectivity index (χ0v) is 17.6. The van der Waals surface area contributed by atoms with Gasteiger partial charge in [0.05, 0.1) is 22.7 Å². The number of anilines is 1. The lowest BCUT2D eigenvalue weighted by atomic mass is 10.1. The minimum absolute atomic E-state index is 0.105. The molecule has 1 N–H and O–H groups in total. The topological polar surface area (TPSA) is 85.8 Å². The fourth-order valence-electron chi connectivity index (χ4n) is 2.85. The lowest BCUT2D eigenvalue weighted by Gasteiger charge is -2.08. The van der Waals surface area contributed by atoms with Crippen molar-refractivity contribution < 1.29 is 9.21 Å². The number of carbonyl (C=O) groups is 1. The molecule has 3 heterocycles. The number of benzene rings is 1. The van der Waals surface area contributed by atoms with Crippen molar-refractivity contribution in [1.29, 1.82) is 0 Å². The van der Waals surface area contributed by atoms with E-state index in [4.69, 9.17) is 4.42 Å². The maximum absolute atomic E-state index is 12.5. The van der Waals surface area contributed by atoms with Gasteiger partial charge in [0.1, 0.15) is 0 Å². The molecule has 1 aromatic carbocycles. The first kappa shape index (κ1) is 19.4. The third-order valence-electron chi connectivity index (χ3n) is 4.17. The SMILES string of the molecule is CCn1c(SCC(=O)Nc2cccc(-c3csc(C)n3)c2)nnc1-c1ccco1. The summed E-state index contributed by atoms with van der Waals surface area (Å²) in [6.07, 6.45) is 1.60. The van der Waals surface area contributed by atoms with Crippen molar-refractivity contribution in [2.24, 2.45) is 0 Å². The van der Waals surface area contributed by atoms with E-state index in [1.54, 1.807) is 17.6 Å². The van der Waals surface area contributed by atoms with Crippen molar-refractivity contribution >= 4 is 34.7 Å². The summed E-state index contributed by atoms with van der Waals surface area (Å²) in [7, 11) is 0. The first-order chi connectivity index (χ1) is 14.1. The largest absolute Gasteiger partial charge is 0.461 e. The first-order valence-electron chi connectivity index (χ1n) is 9.06. The Bertz CT molecular complexity index is 1120. The van der Waals surface area contributed by atoms with E-state index in [9.17, 15) is 4.79 Å². The number of hydrogen-bond donors (Lipinski definition) is 1. The Morgan fingerprint density at radius 3 is 2.90 bits per heavy atom. The highest BCUT2D eigenvalue weighted by molar-refractivity contribution is 7.99. The maximum atomic E-state index is 12.5. The van der Waals surface area contributed by atoms with E-state index in [0.29, 0.717) is 23.3 Å². The Morgan fingerprint density at radius 2 is 2.17 bits per heavy atom. The fraction of sp³-hybridized carbons (Fsp3) is 0.200. The Morgan fingerprint density at radius 1 is 1.28 bits per heavy atom. The summed E-state index contributed by atoms with van der Waals surface area (Å²) >= 11 is 2.95. The number of amides is 1. The van der Waals surface area contributed by atoms with Crippen LogP contribution in [0.15, 0.2) is 57.6 Å². The molecule has 1 amide bonds. The number of hydrogen-bond acceptors (Lipinski definition) is 7. The third kappa shape index (κ3) is 4.41. The van der Waals surface area contributed by atoms with Gasteiger partial charge < -0.3 is 9.73 Å². The second-order valence-electron chi connectivity index (χ2n) is 6.20. The molecule has 7 nitrogen and oxygen atoms in total. The van der Waals surface area contributed by atoms with Gasteiger partial charge in [-0.25, -0.2) is 4.98 Å². The van der Waals surface area contributed by atoms with E-state index in [2.05, 4.69) is 20.5 Å². The van der Waals surface area contributed by atoms with Crippen molar-refractivity contribution in [1.82, 2.24) is 19.7 Å². The number of aryl methyl sites for hydroxylation is 1. The van der Waals surface area contributed by atoms with Gasteiger partial charge in [0, 0.05) is 23.2 Å². The molecule has 0 aliphatic carbocycles. The van der Waals surface area contributed by atoms with Gasteiger partial charge in [-0.1, -0.05) is 23.9 Å². The molecule has 0 bridgehead atoms. The Labute approximate surface area is 176 Å². The standard InChI is InChI=1S/C20H19N5O2S2/c1-3-25-19(17-8-5-9-27-17)23-24-20(25)29-12-18(26)22-15-7-4-6-14(10-15)16-11-28-13(2)21-16/h4-11H,3,12H2,1-2H3,(H,22,26). The van der Waals surface area contributed by atoms with Crippen LogP contribution in [0, 0.1) is 6.92 Å². The second-order valence-corrected chi connectivity index (χ2v) is 8.20. The highest BCUT2D eigenvalue weighted by atomic mass is 32.2. The van der Waals surface area contributed by atoms with E-state index in [-0.39, 0.29) is 11.7 Å². The molecular weight excluding hydrogens is 406 g/mol. The van der Waals surface area contributed by atoms with E-state index in [0.717, 1.165) is 22.0 Å². The minimum atomic E-state index is -0.105. The third-order valence-corrected chi connectivity index (χ3v) is 5.91. The van der Waals surface area contributed by atoms with Crippen molar-refractivity contribution in [2.45, 2.75) is 25.5 Å². The van der Waals surface area contributed by atoms with Crippen molar-refractivity contribution in [2.75, 3.05) is 11.1 Å². The molecule has 4 rings (SSSR count). The zero-order chi connectivity index (χ0) is 20.2. The lowest BCUT2D eigenvalue weighted by Crippen LogP contribution is -2.14. The summed E-state index contributed by atoms with van der Waals surface area (Å²) in [6.45, 7) is 4.66. The molecule has 0 saturated carbocycles. The van der Waals surface area contributed by atoms with Gasteiger partial charge in [0.2, 0.25) is 5.91 Å². The zero-order valence-electron chi connectivity index (χ0n) is 16.0. The molecule has 0 fully saturated rings. The predicted molar refractivity (Wildman–Crippen MR) is 115 cm³/mol. The normalized spacial score (nSPS) is 11.0. The van der Waals surface area contributed by atoms with Crippen LogP contribution in [0.1, 0.15) is 11.9 Å². The molecule has 29 heavy (non-hydrogen) atoms. The second kappa shape index (κ2) is 8.62. The monoisotopic (exact) mass is 425 g/mol. The summed E-state index contributed by atoms with van der Waals surface area (Å²) in [6, 6.07) is 11.4. The molecule has 4 aromatic rings. The maximum Gasteiger partial charge on any atom is 0.234 e. The lowest BCUT2D eigenvalue weighted by molar-refractivity contribution is -0.113. The summed E-state index contributed by atoms with van der Waals surface area (Å²) in [5.41, 5.74) is 2.64. The summed E-state index contributed by atoms with van der Waals surface area (Å²) in [5, 5.41) is 15.1. The average molecular weight is 426 g/mol. The van der Waals surface area contributed by atoms with Crippen LogP contribution in [0.25, 0.3) is 22.8 Å². The number of thioether (sulfide) groups is 1. The summed E-state index contributed by atoms with van der Waals surface area (Å²) in [5.74, 6) is 1.44. The van der Waals surface area contributed by atoms with Crippen LogP contribution in [0.4, 0.5) is 5.69 Å². The summed E-state index contributed by atoms with van der Waals surface area (Å²) < 4.78 is 7.35. The van der Waals surface area contributed by atoms with Crippen LogP contribution in [-0.2, 0) is 11.3 Å². The number of aromatic nitrogens is 4. The molecule has 0 saturated heterocycles. The molecule has 148 valence electrons. The van der Waals surface area contributed by atoms with Crippen LogP contribution in [0.5, 0.6) is 0 Å². The molecule has 0 radical (unpaired) electrons. The van der Waals surface area contributed by atoms with Crippen LogP contribution >= 0.6 is 23.1 Å². The molecule has 3 aromatic heterocycles. The Kier molecular flexibility index (Phi) is 5.77. The highest BCUT2D eigenvalue weighted by Gasteiger charge is 2.16. The number of furan rings is 1. The summed E-state index contributed by atoms with van der Waals surface area (Å²) in [4.78, 5) is 16.9. The van der Waals surface area contributed by atoms with Crippen LogP contribution in [0.3, 0.4) is 0 Å². The first-order valence-corrected chi connectivity index (χ1v) is 10.9. The van der Waals surface area contributed by atoms with Crippen LogP contribution in [-0.4, -0.2) is 31.4 Å². The van der Waals surface area contributed by atoms with Gasteiger partial charge in [-0.3, -0.25) is 9.36 Å². The number of nitrogens with zero attached hydrogens (tertiary/aromatic N) is 4. The highest BCUT2D eigenvalue weighted by Crippen LogP contribution is 2.26. The Balaban J connectivity index is 1.41. The quantitative estimate of drug-likeness (QED) is 0.431. The smallest absolute Gasteiger partial charge is 0.234 e. The molecule has 0 aliphatic heterocycles. The van der Waals surface area contributed by atoms with E-state index < -0.39 is 0 Å². The van der Waals surface area contributed by atoms with E-state index in [1.165, 1.54) is 11.8 Å². The van der Waals surface area contributed by atoms with Crippen LogP contribution in [0.2, 0.25) is 0 Å². The van der Waals surface area contributed by atoms with Gasteiger partial charge in [0.25, 0.3) is 0 Å². The van der Waals surface area contributed by atoms with E-state index in [1.807, 2.05) is 60.2 Å². The van der Waals surface area contributed by atoms with Gasteiger partial charge in [-0.05, 0) is 38.1 Å². The molecule has 0 spiro atoms. The van der Waals surface area contributed by atoms with E-state index >= 15 is 0 Å². The average Bonchev–Trinajstić information content (AvgIpc) is 3.46. The predicted octanol–water partition coefficient (Wildman–Crippen LogP) is 4.72. The molecule has 9 heteroatoms. The molecule has 0 atom stereocenters. The van der Waals surface area contributed by atoms with Gasteiger partial charge in [0.15, 0.2) is 16.7 Å². The van der Waals surface area contributed by atoms with Crippen molar-refractivity contribution in [3.05, 3.63) is 53.0 Å². The van der Waals surface area contributed by atoms with Crippen LogP contribution < -0.4 is 5.32 Å².